The van der Waals surface area contributed by atoms with Crippen LogP contribution in [0.1, 0.15) is 26.2 Å². The standard InChI is InChI=1S/C9H18O2/c1-2-3-5-8-11-9-6-4-7-10/h4,6,10H,2-3,5,7-9H2,1H3. The minimum atomic E-state index is 0.109. The van der Waals surface area contributed by atoms with Gasteiger partial charge in [0.15, 0.2) is 0 Å². The molecular weight excluding hydrogens is 140 g/mol. The summed E-state index contributed by atoms with van der Waals surface area (Å²) in [5, 5.41) is 8.36. The normalized spacial score (nSPS) is 11.1. The summed E-state index contributed by atoms with van der Waals surface area (Å²) >= 11 is 0. The predicted octanol–water partition coefficient (Wildman–Crippen LogP) is 1.74. The van der Waals surface area contributed by atoms with E-state index in [0.29, 0.717) is 6.61 Å². The zero-order valence-electron chi connectivity index (χ0n) is 7.25. The third-order valence-electron chi connectivity index (χ3n) is 1.38. The summed E-state index contributed by atoms with van der Waals surface area (Å²) in [4.78, 5) is 0. The van der Waals surface area contributed by atoms with Crippen LogP contribution in [0.5, 0.6) is 0 Å². The number of aliphatic hydroxyl groups is 1. The third-order valence-corrected chi connectivity index (χ3v) is 1.38. The van der Waals surface area contributed by atoms with Crippen LogP contribution in [-0.4, -0.2) is 24.9 Å². The molecule has 2 heteroatoms. The van der Waals surface area contributed by atoms with Gasteiger partial charge in [-0.05, 0) is 6.42 Å². The highest BCUT2D eigenvalue weighted by molar-refractivity contribution is 4.80. The van der Waals surface area contributed by atoms with Crippen molar-refractivity contribution in [1.29, 1.82) is 0 Å². The lowest BCUT2D eigenvalue weighted by atomic mass is 10.3. The van der Waals surface area contributed by atoms with Crippen LogP contribution in [0.25, 0.3) is 0 Å². The van der Waals surface area contributed by atoms with Gasteiger partial charge in [-0.1, -0.05) is 31.9 Å². The van der Waals surface area contributed by atoms with E-state index in [0.717, 1.165) is 13.0 Å². The second-order valence-corrected chi connectivity index (χ2v) is 2.44. The van der Waals surface area contributed by atoms with Gasteiger partial charge >= 0.3 is 0 Å². The van der Waals surface area contributed by atoms with E-state index in [1.807, 2.05) is 6.08 Å². The fourth-order valence-electron chi connectivity index (χ4n) is 0.748. The predicted molar refractivity (Wildman–Crippen MR) is 46.6 cm³/mol. The lowest BCUT2D eigenvalue weighted by molar-refractivity contribution is 0.157. The van der Waals surface area contributed by atoms with Crippen molar-refractivity contribution < 1.29 is 9.84 Å². The maximum atomic E-state index is 8.36. The molecule has 2 nitrogen and oxygen atoms in total. The first kappa shape index (κ1) is 10.7. The average molecular weight is 158 g/mol. The third kappa shape index (κ3) is 9.66. The molecule has 0 spiro atoms. The molecule has 1 N–H and O–H groups in total. The van der Waals surface area contributed by atoms with Gasteiger partial charge in [-0.15, -0.1) is 0 Å². The highest BCUT2D eigenvalue weighted by atomic mass is 16.5. The maximum Gasteiger partial charge on any atom is 0.0648 e. The Hall–Kier alpha value is -0.340. The van der Waals surface area contributed by atoms with Crippen LogP contribution in [-0.2, 0) is 4.74 Å². The number of rotatable bonds is 7. The molecule has 0 aliphatic carbocycles. The van der Waals surface area contributed by atoms with Crippen LogP contribution in [0.15, 0.2) is 12.2 Å². The van der Waals surface area contributed by atoms with Crippen molar-refractivity contribution in [1.82, 2.24) is 0 Å². The fourth-order valence-corrected chi connectivity index (χ4v) is 0.748. The Kier molecular flexibility index (Phi) is 9.36. The van der Waals surface area contributed by atoms with E-state index in [1.165, 1.54) is 12.8 Å². The van der Waals surface area contributed by atoms with Gasteiger partial charge in [0, 0.05) is 6.61 Å². The van der Waals surface area contributed by atoms with E-state index in [2.05, 4.69) is 6.92 Å². The van der Waals surface area contributed by atoms with E-state index in [4.69, 9.17) is 9.84 Å². The molecule has 66 valence electrons. The fraction of sp³-hybridized carbons (Fsp3) is 0.778. The molecule has 0 heterocycles. The molecule has 0 aliphatic rings. The van der Waals surface area contributed by atoms with Crippen LogP contribution >= 0.6 is 0 Å². The lowest BCUT2D eigenvalue weighted by Gasteiger charge is -1.98. The summed E-state index contributed by atoms with van der Waals surface area (Å²) < 4.78 is 5.24. The second-order valence-electron chi connectivity index (χ2n) is 2.44. The molecule has 0 unspecified atom stereocenters. The minimum absolute atomic E-state index is 0.109. The minimum Gasteiger partial charge on any atom is -0.392 e. The van der Waals surface area contributed by atoms with Crippen molar-refractivity contribution in [3.63, 3.8) is 0 Å². The topological polar surface area (TPSA) is 29.5 Å². The summed E-state index contributed by atoms with van der Waals surface area (Å²) in [5.74, 6) is 0. The Morgan fingerprint density at radius 3 is 2.73 bits per heavy atom. The Morgan fingerprint density at radius 1 is 1.27 bits per heavy atom. The summed E-state index contributed by atoms with van der Waals surface area (Å²) in [7, 11) is 0. The molecular formula is C9H18O2. The number of unbranched alkanes of at least 4 members (excludes halogenated alkanes) is 2. The van der Waals surface area contributed by atoms with Crippen molar-refractivity contribution >= 4 is 0 Å². The summed E-state index contributed by atoms with van der Waals surface area (Å²) in [5.41, 5.74) is 0. The van der Waals surface area contributed by atoms with Gasteiger partial charge in [-0.3, -0.25) is 0 Å². The molecule has 0 radical (unpaired) electrons. The first-order valence-electron chi connectivity index (χ1n) is 4.25. The SMILES string of the molecule is CCCCCOCC=CCO. The first-order chi connectivity index (χ1) is 5.41. The number of ether oxygens (including phenoxy) is 1. The van der Waals surface area contributed by atoms with E-state index >= 15 is 0 Å². The summed E-state index contributed by atoms with van der Waals surface area (Å²) in [6, 6.07) is 0. The summed E-state index contributed by atoms with van der Waals surface area (Å²) in [6.07, 6.45) is 7.15. The zero-order chi connectivity index (χ0) is 8.36. The maximum absolute atomic E-state index is 8.36. The molecule has 0 aromatic carbocycles. The lowest BCUT2D eigenvalue weighted by Crippen LogP contribution is -1.93. The molecule has 0 amide bonds. The molecule has 0 aliphatic heterocycles. The number of hydrogen-bond donors (Lipinski definition) is 1. The smallest absolute Gasteiger partial charge is 0.0648 e. The molecule has 0 saturated heterocycles. The van der Waals surface area contributed by atoms with Crippen LogP contribution in [0, 0.1) is 0 Å². The highest BCUT2D eigenvalue weighted by Gasteiger charge is 1.84. The van der Waals surface area contributed by atoms with Crippen molar-refractivity contribution in [2.75, 3.05) is 19.8 Å². The van der Waals surface area contributed by atoms with Gasteiger partial charge in [0.25, 0.3) is 0 Å². The summed E-state index contributed by atoms with van der Waals surface area (Å²) in [6.45, 7) is 3.75. The van der Waals surface area contributed by atoms with Gasteiger partial charge in [0.2, 0.25) is 0 Å². The zero-order valence-corrected chi connectivity index (χ0v) is 7.25. The van der Waals surface area contributed by atoms with E-state index in [-0.39, 0.29) is 6.61 Å². The van der Waals surface area contributed by atoms with Crippen LogP contribution in [0.4, 0.5) is 0 Å². The van der Waals surface area contributed by atoms with Gasteiger partial charge in [0.1, 0.15) is 0 Å². The molecule has 11 heavy (non-hydrogen) atoms. The van der Waals surface area contributed by atoms with Crippen molar-refractivity contribution in [3.05, 3.63) is 12.2 Å². The van der Waals surface area contributed by atoms with E-state index in [9.17, 15) is 0 Å². The highest BCUT2D eigenvalue weighted by Crippen LogP contribution is 1.93. The molecule has 0 saturated carbocycles. The Labute approximate surface area is 68.9 Å². The monoisotopic (exact) mass is 158 g/mol. The molecule has 0 aromatic heterocycles. The van der Waals surface area contributed by atoms with E-state index in [1.54, 1.807) is 6.08 Å². The van der Waals surface area contributed by atoms with Crippen LogP contribution < -0.4 is 0 Å². The van der Waals surface area contributed by atoms with Gasteiger partial charge in [-0.2, -0.15) is 0 Å². The van der Waals surface area contributed by atoms with Gasteiger partial charge in [-0.25, -0.2) is 0 Å². The molecule has 0 fully saturated rings. The first-order valence-corrected chi connectivity index (χ1v) is 4.25. The molecule has 0 rings (SSSR count). The van der Waals surface area contributed by atoms with Crippen molar-refractivity contribution in [2.24, 2.45) is 0 Å². The van der Waals surface area contributed by atoms with Crippen LogP contribution in [0.3, 0.4) is 0 Å². The number of hydrogen-bond acceptors (Lipinski definition) is 2. The Balaban J connectivity index is 2.85. The Morgan fingerprint density at radius 2 is 2.09 bits per heavy atom. The molecule has 0 aromatic rings. The van der Waals surface area contributed by atoms with Crippen molar-refractivity contribution in [2.45, 2.75) is 26.2 Å². The Bertz CT molecular complexity index is 89.6. The largest absolute Gasteiger partial charge is 0.392 e. The second kappa shape index (κ2) is 9.66. The van der Waals surface area contributed by atoms with E-state index < -0.39 is 0 Å². The average Bonchev–Trinajstić information content (AvgIpc) is 2.03. The number of aliphatic hydroxyl groups excluding tert-OH is 1. The molecule has 0 bridgehead atoms. The van der Waals surface area contributed by atoms with Crippen LogP contribution in [0.2, 0.25) is 0 Å². The van der Waals surface area contributed by atoms with Crippen molar-refractivity contribution in [3.8, 4) is 0 Å². The quantitative estimate of drug-likeness (QED) is 0.452. The van der Waals surface area contributed by atoms with Gasteiger partial charge in [0.05, 0.1) is 13.2 Å². The van der Waals surface area contributed by atoms with Gasteiger partial charge < -0.3 is 9.84 Å². The molecule has 0 atom stereocenters.